The second-order valence-corrected chi connectivity index (χ2v) is 8.46. The summed E-state index contributed by atoms with van der Waals surface area (Å²) < 4.78 is 6.62. The zero-order valence-corrected chi connectivity index (χ0v) is 18.4. The summed E-state index contributed by atoms with van der Waals surface area (Å²) in [5, 5.41) is 29.0. The van der Waals surface area contributed by atoms with E-state index in [1.165, 1.54) is 40.2 Å². The van der Waals surface area contributed by atoms with E-state index in [4.69, 9.17) is 15.6 Å². The summed E-state index contributed by atoms with van der Waals surface area (Å²) in [6, 6.07) is 0. The van der Waals surface area contributed by atoms with Gasteiger partial charge in [-0.2, -0.15) is 0 Å². The highest BCUT2D eigenvalue weighted by atomic mass is 32.2. The molecule has 1 aromatic rings. The van der Waals surface area contributed by atoms with Crippen LogP contribution in [0.3, 0.4) is 0 Å². The fourth-order valence-corrected chi connectivity index (χ4v) is 5.11. The van der Waals surface area contributed by atoms with Crippen molar-refractivity contribution in [1.82, 2.24) is 25.1 Å². The summed E-state index contributed by atoms with van der Waals surface area (Å²) in [5.41, 5.74) is 5.49. The van der Waals surface area contributed by atoms with Gasteiger partial charge in [-0.05, 0) is 22.4 Å². The molecule has 2 atom stereocenters. The van der Waals surface area contributed by atoms with Gasteiger partial charge in [-0.3, -0.25) is 19.3 Å². The van der Waals surface area contributed by atoms with Crippen LogP contribution in [0.15, 0.2) is 16.4 Å². The van der Waals surface area contributed by atoms with Gasteiger partial charge in [0.15, 0.2) is 6.10 Å². The molecule has 0 aromatic carbocycles. The van der Waals surface area contributed by atoms with E-state index in [-0.39, 0.29) is 29.8 Å². The van der Waals surface area contributed by atoms with Crippen molar-refractivity contribution in [2.75, 3.05) is 18.6 Å². The van der Waals surface area contributed by atoms with E-state index in [1.807, 2.05) is 0 Å². The van der Waals surface area contributed by atoms with Crippen LogP contribution in [0, 0.1) is 0 Å². The van der Waals surface area contributed by atoms with Crippen LogP contribution in [0.25, 0.3) is 0 Å². The molecule has 0 spiro atoms. The number of nitrogens with two attached hydrogens (primary N) is 1. The lowest BCUT2D eigenvalue weighted by atomic mass is 10.1. The van der Waals surface area contributed by atoms with E-state index in [0.29, 0.717) is 28.7 Å². The smallest absolute Gasteiger partial charge is 0.352 e. The molecule has 1 saturated heterocycles. The number of fused-ring (bicyclic) bond motifs is 1. The number of rotatable bonds is 9. The van der Waals surface area contributed by atoms with Crippen LogP contribution in [0.1, 0.15) is 19.3 Å². The Morgan fingerprint density at radius 1 is 1.32 bits per heavy atom. The van der Waals surface area contributed by atoms with Crippen LogP contribution < -0.4 is 5.73 Å². The van der Waals surface area contributed by atoms with Crippen LogP contribution in [0.4, 0.5) is 0 Å². The lowest BCUT2D eigenvalue weighted by Crippen LogP contribution is -2.65. The topological polar surface area (TPSA) is 191 Å². The largest absolute Gasteiger partial charge is 0.481 e. The average molecular weight is 475 g/mol. The van der Waals surface area contributed by atoms with Gasteiger partial charge in [0, 0.05) is 38.5 Å². The summed E-state index contributed by atoms with van der Waals surface area (Å²) in [6.07, 6.45) is -0.0450. The first kappa shape index (κ1) is 24.6. The molecular weight excluding hydrogens is 452 g/mol. The number of carbonyl (C=O) groups is 4. The van der Waals surface area contributed by atoms with Crippen molar-refractivity contribution < 1.29 is 34.1 Å². The molecule has 1 fully saturated rings. The molecular formula is C16H22N6O7S2. The Bertz CT molecular complexity index is 876. The second-order valence-electron chi connectivity index (χ2n) is 6.41. The molecule has 3 rings (SSSR count). The zero-order chi connectivity index (χ0) is 23.1. The molecule has 170 valence electrons. The SMILES string of the molecule is CO[C@@H]1C(=O)N2C(C(=O)O)=C(CSc3nnnn3C)CS[C@@H]12.NC(=O)CCCC(=O)O. The summed E-state index contributed by atoms with van der Waals surface area (Å²) >= 11 is 2.85. The van der Waals surface area contributed by atoms with E-state index in [9.17, 15) is 24.3 Å². The normalized spacial score (nSPS) is 19.8. The molecule has 2 aliphatic rings. The first-order valence-corrected chi connectivity index (χ1v) is 11.0. The molecule has 0 radical (unpaired) electrons. The van der Waals surface area contributed by atoms with Crippen molar-refractivity contribution in [3.63, 3.8) is 0 Å². The molecule has 0 unspecified atom stereocenters. The maximum atomic E-state index is 12.0. The Morgan fingerprint density at radius 2 is 2.03 bits per heavy atom. The Morgan fingerprint density at radius 3 is 2.55 bits per heavy atom. The van der Waals surface area contributed by atoms with E-state index >= 15 is 0 Å². The number of tetrazole rings is 1. The van der Waals surface area contributed by atoms with E-state index < -0.39 is 23.9 Å². The summed E-state index contributed by atoms with van der Waals surface area (Å²) in [4.78, 5) is 44.7. The predicted octanol–water partition coefficient (Wildman–Crippen LogP) is -0.702. The van der Waals surface area contributed by atoms with Gasteiger partial charge in [-0.15, -0.1) is 16.9 Å². The van der Waals surface area contributed by atoms with Crippen LogP contribution in [-0.2, 0) is 31.0 Å². The number of carboxylic acid groups (broad SMARTS) is 2. The highest BCUT2D eigenvalue weighted by molar-refractivity contribution is 8.01. The van der Waals surface area contributed by atoms with E-state index in [1.54, 1.807) is 7.05 Å². The van der Waals surface area contributed by atoms with Gasteiger partial charge in [0.25, 0.3) is 5.91 Å². The van der Waals surface area contributed by atoms with Crippen LogP contribution in [0.2, 0.25) is 0 Å². The highest BCUT2D eigenvalue weighted by Crippen LogP contribution is 2.42. The number of amides is 2. The van der Waals surface area contributed by atoms with Crippen LogP contribution >= 0.6 is 23.5 Å². The number of thioether (sulfide) groups is 2. The van der Waals surface area contributed by atoms with Gasteiger partial charge >= 0.3 is 11.9 Å². The van der Waals surface area contributed by atoms with Gasteiger partial charge in [0.1, 0.15) is 11.1 Å². The van der Waals surface area contributed by atoms with Crippen LogP contribution in [0.5, 0.6) is 0 Å². The number of β-lactam (4-membered cyclic amide) rings is 1. The van der Waals surface area contributed by atoms with Crippen molar-refractivity contribution in [1.29, 1.82) is 0 Å². The Balaban J connectivity index is 0.000000323. The van der Waals surface area contributed by atoms with Crippen molar-refractivity contribution in [2.45, 2.75) is 35.9 Å². The number of aryl methyl sites for hydroxylation is 1. The predicted molar refractivity (Wildman–Crippen MR) is 109 cm³/mol. The van der Waals surface area contributed by atoms with Crippen molar-refractivity contribution in [3.8, 4) is 0 Å². The third-order valence-corrected chi connectivity index (χ3v) is 6.64. The fraction of sp³-hybridized carbons (Fsp3) is 0.562. The lowest BCUT2D eigenvalue weighted by Gasteiger charge is -2.48. The number of carbonyl (C=O) groups excluding carboxylic acids is 2. The standard InChI is InChI=1S/C11H13N5O4S2.C5H9NO3/c1-15-11(12-13-14-15)22-4-5-3-21-9-7(20-2)8(17)16(9)6(5)10(18)19;6-4(7)2-1-3-5(8)9/h7,9H,3-4H2,1-2H3,(H,18,19);1-3H2,(H2,6,7)(H,8,9)/t7-,9+;/m1./s1. The minimum absolute atomic E-state index is 0.0168. The van der Waals surface area contributed by atoms with Gasteiger partial charge in [-0.25, -0.2) is 9.48 Å². The number of hydrogen-bond donors (Lipinski definition) is 3. The Kier molecular flexibility index (Phi) is 8.82. The third kappa shape index (κ3) is 6.18. The number of hydrogen-bond acceptors (Lipinski definition) is 10. The van der Waals surface area contributed by atoms with Crippen molar-refractivity contribution >= 4 is 47.3 Å². The molecule has 1 aromatic heterocycles. The molecule has 31 heavy (non-hydrogen) atoms. The Labute approximate surface area is 185 Å². The molecule has 0 aliphatic carbocycles. The highest BCUT2D eigenvalue weighted by Gasteiger charge is 2.53. The Hall–Kier alpha value is -2.65. The minimum Gasteiger partial charge on any atom is -0.481 e. The number of ether oxygens (including phenoxy) is 1. The zero-order valence-electron chi connectivity index (χ0n) is 16.8. The van der Waals surface area contributed by atoms with Crippen molar-refractivity contribution in [3.05, 3.63) is 11.3 Å². The first-order chi connectivity index (χ1) is 14.7. The van der Waals surface area contributed by atoms with Crippen LogP contribution in [-0.4, -0.2) is 89.2 Å². The quantitative estimate of drug-likeness (QED) is 0.301. The molecule has 15 heteroatoms. The molecule has 4 N–H and O–H groups in total. The van der Waals surface area contributed by atoms with Gasteiger partial charge in [0.05, 0.1) is 0 Å². The van der Waals surface area contributed by atoms with Gasteiger partial charge in [-0.1, -0.05) is 11.8 Å². The molecule has 13 nitrogen and oxygen atoms in total. The molecule has 2 amide bonds. The molecule has 2 aliphatic heterocycles. The maximum Gasteiger partial charge on any atom is 0.352 e. The van der Waals surface area contributed by atoms with Crippen molar-refractivity contribution in [2.24, 2.45) is 12.8 Å². The summed E-state index contributed by atoms with van der Waals surface area (Å²) in [7, 11) is 3.17. The number of nitrogens with zero attached hydrogens (tertiary/aromatic N) is 5. The molecule has 3 heterocycles. The first-order valence-electron chi connectivity index (χ1n) is 8.95. The van der Waals surface area contributed by atoms with Gasteiger partial charge in [0.2, 0.25) is 11.1 Å². The summed E-state index contributed by atoms with van der Waals surface area (Å²) in [6.45, 7) is 0. The molecule has 0 bridgehead atoms. The average Bonchev–Trinajstić information content (AvgIpc) is 3.10. The number of aliphatic carboxylic acids is 2. The number of primary amides is 1. The number of carboxylic acids is 2. The number of aromatic nitrogens is 4. The minimum atomic E-state index is -1.10. The maximum absolute atomic E-state index is 12.0. The molecule has 0 saturated carbocycles. The third-order valence-electron chi connectivity index (χ3n) is 4.23. The van der Waals surface area contributed by atoms with E-state index in [2.05, 4.69) is 15.5 Å². The monoisotopic (exact) mass is 474 g/mol. The summed E-state index contributed by atoms with van der Waals surface area (Å²) in [5.74, 6) is -1.79. The number of methoxy groups -OCH3 is 1. The second kappa shape index (κ2) is 11.1. The van der Waals surface area contributed by atoms with Gasteiger partial charge < -0.3 is 20.7 Å². The van der Waals surface area contributed by atoms with E-state index in [0.717, 1.165) is 0 Å². The fourth-order valence-electron chi connectivity index (χ4n) is 2.75. The lowest BCUT2D eigenvalue weighted by molar-refractivity contribution is -0.162.